The van der Waals surface area contributed by atoms with Gasteiger partial charge >= 0.3 is 0 Å². The molecule has 1 amide bonds. The molecule has 19 heavy (non-hydrogen) atoms. The van der Waals surface area contributed by atoms with Gasteiger partial charge in [0.25, 0.3) is 5.91 Å². The third kappa shape index (κ3) is 3.47. The van der Waals surface area contributed by atoms with Crippen LogP contribution in [0.1, 0.15) is 22.8 Å². The zero-order chi connectivity index (χ0) is 14.7. The molecule has 0 aliphatic carbocycles. The molecular formula is C13H16F2N2OS. The lowest BCUT2D eigenvalue weighted by molar-refractivity contribution is 0.0777. The molecule has 1 unspecified atom stereocenters. The third-order valence-corrected chi connectivity index (χ3v) is 3.28. The van der Waals surface area contributed by atoms with Crippen LogP contribution in [0.5, 0.6) is 0 Å². The summed E-state index contributed by atoms with van der Waals surface area (Å²) in [5.74, 6) is -2.65. The molecule has 6 heteroatoms. The van der Waals surface area contributed by atoms with Crippen LogP contribution in [0.15, 0.2) is 12.1 Å². The second-order valence-corrected chi connectivity index (χ2v) is 5.01. The molecule has 1 aromatic carbocycles. The molecule has 0 saturated heterocycles. The van der Waals surface area contributed by atoms with Gasteiger partial charge in [-0.1, -0.05) is 25.2 Å². The number of nitrogens with two attached hydrogens (primary N) is 1. The van der Waals surface area contributed by atoms with E-state index < -0.39 is 23.1 Å². The van der Waals surface area contributed by atoms with E-state index in [1.54, 1.807) is 6.92 Å². The summed E-state index contributed by atoms with van der Waals surface area (Å²) in [4.78, 5) is 13.5. The van der Waals surface area contributed by atoms with E-state index in [1.165, 1.54) is 24.9 Å². The van der Waals surface area contributed by atoms with E-state index in [0.717, 1.165) is 6.07 Å². The average molecular weight is 286 g/mol. The minimum Gasteiger partial charge on any atom is -0.393 e. The van der Waals surface area contributed by atoms with Crippen LogP contribution in [-0.4, -0.2) is 29.4 Å². The quantitative estimate of drug-likeness (QED) is 0.864. The largest absolute Gasteiger partial charge is 0.393 e. The van der Waals surface area contributed by atoms with Gasteiger partial charge in [-0.25, -0.2) is 8.78 Å². The second-order valence-electron chi connectivity index (χ2n) is 4.54. The van der Waals surface area contributed by atoms with Crippen molar-refractivity contribution in [2.24, 2.45) is 11.7 Å². The highest BCUT2D eigenvalue weighted by molar-refractivity contribution is 7.80. The molecule has 1 rings (SSSR count). The molecular weight excluding hydrogens is 270 g/mol. The topological polar surface area (TPSA) is 46.3 Å². The van der Waals surface area contributed by atoms with Crippen molar-refractivity contribution >= 4 is 23.1 Å². The minimum atomic E-state index is -0.872. The van der Waals surface area contributed by atoms with E-state index in [4.69, 9.17) is 18.0 Å². The van der Waals surface area contributed by atoms with E-state index >= 15 is 0 Å². The first-order chi connectivity index (χ1) is 8.75. The van der Waals surface area contributed by atoms with Crippen molar-refractivity contribution in [1.29, 1.82) is 0 Å². The number of rotatable bonds is 4. The van der Waals surface area contributed by atoms with Crippen LogP contribution in [0, 0.1) is 24.5 Å². The first kappa shape index (κ1) is 15.5. The number of carbonyl (C=O) groups excluding carboxylic acids is 1. The van der Waals surface area contributed by atoms with Crippen LogP contribution < -0.4 is 5.73 Å². The molecule has 0 aromatic heterocycles. The molecule has 3 nitrogen and oxygen atoms in total. The Hall–Kier alpha value is -1.56. The Kier molecular flexibility index (Phi) is 4.94. The van der Waals surface area contributed by atoms with E-state index in [0.29, 0.717) is 0 Å². The number of hydrogen-bond donors (Lipinski definition) is 1. The number of benzene rings is 1. The van der Waals surface area contributed by atoms with Gasteiger partial charge in [-0.3, -0.25) is 4.79 Å². The average Bonchev–Trinajstić information content (AvgIpc) is 2.33. The fourth-order valence-corrected chi connectivity index (χ4v) is 1.70. The van der Waals surface area contributed by atoms with Crippen LogP contribution >= 0.6 is 12.2 Å². The first-order valence-electron chi connectivity index (χ1n) is 5.75. The highest BCUT2D eigenvalue weighted by Gasteiger charge is 2.23. The highest BCUT2D eigenvalue weighted by Crippen LogP contribution is 2.18. The summed E-state index contributed by atoms with van der Waals surface area (Å²) in [5, 5.41) is 0. The van der Waals surface area contributed by atoms with Crippen LogP contribution in [0.2, 0.25) is 0 Å². The number of hydrogen-bond acceptors (Lipinski definition) is 2. The van der Waals surface area contributed by atoms with Crippen LogP contribution in [-0.2, 0) is 0 Å². The van der Waals surface area contributed by atoms with Gasteiger partial charge < -0.3 is 10.6 Å². The summed E-state index contributed by atoms with van der Waals surface area (Å²) >= 11 is 4.80. The number of halogens is 2. The van der Waals surface area contributed by atoms with Gasteiger partial charge in [-0.2, -0.15) is 0 Å². The Balaban J connectivity index is 3.01. The molecule has 0 aliphatic rings. The number of aryl methyl sites for hydroxylation is 1. The third-order valence-electron chi connectivity index (χ3n) is 2.88. The summed E-state index contributed by atoms with van der Waals surface area (Å²) in [7, 11) is 1.46. The van der Waals surface area contributed by atoms with Gasteiger partial charge in [-0.15, -0.1) is 0 Å². The van der Waals surface area contributed by atoms with Crippen molar-refractivity contribution in [1.82, 2.24) is 4.90 Å². The SMILES string of the molecule is Cc1ccc(F)c(C(=O)N(C)CC(C)C(N)=S)c1F. The highest BCUT2D eigenvalue weighted by atomic mass is 32.1. The molecule has 1 aromatic rings. The Morgan fingerprint density at radius 1 is 1.47 bits per heavy atom. The molecule has 0 fully saturated rings. The van der Waals surface area contributed by atoms with Gasteiger partial charge in [0.1, 0.15) is 17.2 Å². The van der Waals surface area contributed by atoms with E-state index in [2.05, 4.69) is 0 Å². The van der Waals surface area contributed by atoms with E-state index in [9.17, 15) is 13.6 Å². The Morgan fingerprint density at radius 2 is 2.05 bits per heavy atom. The van der Waals surface area contributed by atoms with E-state index in [1.807, 2.05) is 0 Å². The normalized spacial score (nSPS) is 12.1. The Labute approximate surface area is 116 Å². The lowest BCUT2D eigenvalue weighted by Gasteiger charge is -2.21. The number of thiocarbonyl (C=S) groups is 1. The van der Waals surface area contributed by atoms with Crippen molar-refractivity contribution in [3.05, 3.63) is 34.9 Å². The summed E-state index contributed by atoms with van der Waals surface area (Å²) in [5.41, 5.74) is 5.13. The molecule has 0 aliphatic heterocycles. The maximum Gasteiger partial charge on any atom is 0.259 e. The standard InChI is InChI=1S/C13H16F2N2OS/c1-7-4-5-9(14)10(11(7)15)13(18)17(3)6-8(2)12(16)19/h4-5,8H,6H2,1-3H3,(H2,16,19). The van der Waals surface area contributed by atoms with Gasteiger partial charge in [0.05, 0.1) is 4.99 Å². The molecule has 0 radical (unpaired) electrons. The maximum absolute atomic E-state index is 13.8. The summed E-state index contributed by atoms with van der Waals surface area (Å²) in [6.45, 7) is 3.43. The molecule has 2 N–H and O–H groups in total. The Morgan fingerprint density at radius 3 is 2.58 bits per heavy atom. The predicted molar refractivity (Wildman–Crippen MR) is 74.0 cm³/mol. The number of amides is 1. The molecule has 0 saturated carbocycles. The molecule has 0 spiro atoms. The zero-order valence-corrected chi connectivity index (χ0v) is 11.9. The zero-order valence-electron chi connectivity index (χ0n) is 11.0. The van der Waals surface area contributed by atoms with Gasteiger partial charge in [0, 0.05) is 19.5 Å². The lowest BCUT2D eigenvalue weighted by Crippen LogP contribution is -2.36. The predicted octanol–water partition coefficient (Wildman–Crippen LogP) is 2.27. The van der Waals surface area contributed by atoms with Crippen LogP contribution in [0.3, 0.4) is 0 Å². The monoisotopic (exact) mass is 286 g/mol. The molecule has 104 valence electrons. The van der Waals surface area contributed by atoms with Crippen molar-refractivity contribution in [3.63, 3.8) is 0 Å². The minimum absolute atomic E-state index is 0.209. The summed E-state index contributed by atoms with van der Waals surface area (Å²) < 4.78 is 27.4. The first-order valence-corrected chi connectivity index (χ1v) is 6.16. The molecule has 0 bridgehead atoms. The molecule has 1 atom stereocenters. The second kappa shape index (κ2) is 6.06. The fraction of sp³-hybridized carbons (Fsp3) is 0.385. The van der Waals surface area contributed by atoms with Crippen LogP contribution in [0.25, 0.3) is 0 Å². The van der Waals surface area contributed by atoms with Crippen molar-refractivity contribution in [3.8, 4) is 0 Å². The summed E-state index contributed by atoms with van der Waals surface area (Å²) in [6.07, 6.45) is 0. The Bertz CT molecular complexity index is 520. The van der Waals surface area contributed by atoms with Gasteiger partial charge in [0.15, 0.2) is 0 Å². The number of carbonyl (C=O) groups is 1. The van der Waals surface area contributed by atoms with Crippen molar-refractivity contribution < 1.29 is 13.6 Å². The lowest BCUT2D eigenvalue weighted by atomic mass is 10.1. The number of nitrogens with zero attached hydrogens (tertiary/aromatic N) is 1. The molecule has 0 heterocycles. The van der Waals surface area contributed by atoms with Gasteiger partial charge in [-0.05, 0) is 18.6 Å². The van der Waals surface area contributed by atoms with Crippen molar-refractivity contribution in [2.75, 3.05) is 13.6 Å². The fourth-order valence-electron chi connectivity index (χ4n) is 1.63. The van der Waals surface area contributed by atoms with Crippen LogP contribution in [0.4, 0.5) is 8.78 Å². The summed E-state index contributed by atoms with van der Waals surface area (Å²) in [6, 6.07) is 2.37. The van der Waals surface area contributed by atoms with Crippen molar-refractivity contribution in [2.45, 2.75) is 13.8 Å². The van der Waals surface area contributed by atoms with E-state index in [-0.39, 0.29) is 23.0 Å². The maximum atomic E-state index is 13.8. The van der Waals surface area contributed by atoms with Gasteiger partial charge in [0.2, 0.25) is 0 Å². The smallest absolute Gasteiger partial charge is 0.259 e.